The van der Waals surface area contributed by atoms with Gasteiger partial charge < -0.3 is 15.2 Å². The average Bonchev–Trinajstić information content (AvgIpc) is 3.29. The van der Waals surface area contributed by atoms with E-state index in [0.717, 1.165) is 35.1 Å². The second-order valence-electron chi connectivity index (χ2n) is 7.50. The molecule has 1 aliphatic carbocycles. The summed E-state index contributed by atoms with van der Waals surface area (Å²) in [6.45, 7) is 0.388. The summed E-state index contributed by atoms with van der Waals surface area (Å²) >= 11 is 0. The fraction of sp³-hybridized carbons (Fsp3) is 0.450. The minimum atomic E-state index is -0.462. The average molecular weight is 399 g/mol. The number of aromatic nitrogens is 4. The zero-order chi connectivity index (χ0) is 20.7. The quantitative estimate of drug-likeness (QED) is 0.658. The van der Waals surface area contributed by atoms with Gasteiger partial charge in [-0.25, -0.2) is 4.79 Å². The third kappa shape index (κ3) is 3.31. The molecule has 0 bridgehead atoms. The standard InChI is InChI=1S/C20H25N5O4/c1-23-17-16(18(27)24(2)20(23)28)25(11-12-7-9-13(29-3)10-8-12)19(22-17)21-14-5-4-6-15(14)26/h7-10,14-15,26H,4-6,11H2,1-3H3,(H,21,22). The predicted molar refractivity (Wildman–Crippen MR) is 110 cm³/mol. The second-order valence-corrected chi connectivity index (χ2v) is 7.50. The van der Waals surface area contributed by atoms with Crippen LogP contribution in [0.25, 0.3) is 11.2 Å². The SMILES string of the molecule is COc1ccc(Cn2c(NC3CCCC3O)nc3c2c(=O)n(C)c(=O)n3C)cc1. The van der Waals surface area contributed by atoms with Gasteiger partial charge >= 0.3 is 5.69 Å². The molecule has 154 valence electrons. The Balaban J connectivity index is 1.86. The molecule has 0 amide bonds. The summed E-state index contributed by atoms with van der Waals surface area (Å²) < 4.78 is 9.45. The molecule has 4 rings (SSSR count). The summed E-state index contributed by atoms with van der Waals surface area (Å²) in [6.07, 6.45) is 2.02. The Bertz CT molecular complexity index is 1160. The molecule has 2 atom stereocenters. The summed E-state index contributed by atoms with van der Waals surface area (Å²) in [5.41, 5.74) is 0.797. The number of rotatable bonds is 5. The van der Waals surface area contributed by atoms with Crippen molar-refractivity contribution >= 4 is 17.1 Å². The van der Waals surface area contributed by atoms with Crippen LogP contribution < -0.4 is 21.3 Å². The molecule has 9 heteroatoms. The number of anilines is 1. The maximum atomic E-state index is 12.9. The minimum Gasteiger partial charge on any atom is -0.497 e. The third-order valence-electron chi connectivity index (χ3n) is 5.64. The number of imidazole rings is 1. The van der Waals surface area contributed by atoms with Gasteiger partial charge in [-0.1, -0.05) is 12.1 Å². The molecule has 0 aliphatic heterocycles. The number of nitrogens with one attached hydrogen (secondary N) is 1. The molecule has 0 spiro atoms. The number of methoxy groups -OCH3 is 1. The highest BCUT2D eigenvalue weighted by atomic mass is 16.5. The Labute approximate surface area is 167 Å². The molecule has 2 unspecified atom stereocenters. The van der Waals surface area contributed by atoms with Gasteiger partial charge in [0.15, 0.2) is 11.2 Å². The van der Waals surface area contributed by atoms with E-state index in [4.69, 9.17) is 4.74 Å². The fourth-order valence-corrected chi connectivity index (χ4v) is 3.90. The van der Waals surface area contributed by atoms with Crippen molar-refractivity contribution in [1.29, 1.82) is 0 Å². The lowest BCUT2D eigenvalue weighted by atomic mass is 10.2. The topological polar surface area (TPSA) is 103 Å². The maximum absolute atomic E-state index is 12.9. The van der Waals surface area contributed by atoms with E-state index in [2.05, 4.69) is 10.3 Å². The molecular weight excluding hydrogens is 374 g/mol. The van der Waals surface area contributed by atoms with E-state index in [1.807, 2.05) is 24.3 Å². The van der Waals surface area contributed by atoms with Gasteiger partial charge in [-0.15, -0.1) is 0 Å². The van der Waals surface area contributed by atoms with Crippen molar-refractivity contribution < 1.29 is 9.84 Å². The smallest absolute Gasteiger partial charge is 0.332 e. The van der Waals surface area contributed by atoms with Crippen LogP contribution in [0.3, 0.4) is 0 Å². The number of aliphatic hydroxyl groups is 1. The lowest BCUT2D eigenvalue weighted by Crippen LogP contribution is -2.37. The molecule has 0 saturated heterocycles. The first-order chi connectivity index (χ1) is 13.9. The van der Waals surface area contributed by atoms with Gasteiger partial charge in [-0.3, -0.25) is 18.5 Å². The van der Waals surface area contributed by atoms with Gasteiger partial charge in [0.1, 0.15) is 5.75 Å². The van der Waals surface area contributed by atoms with Crippen molar-refractivity contribution in [3.05, 3.63) is 50.7 Å². The van der Waals surface area contributed by atoms with Crippen LogP contribution in [0.4, 0.5) is 5.95 Å². The number of benzene rings is 1. The van der Waals surface area contributed by atoms with Crippen LogP contribution in [-0.4, -0.2) is 43.0 Å². The van der Waals surface area contributed by atoms with E-state index in [0.29, 0.717) is 23.7 Å². The van der Waals surface area contributed by atoms with E-state index in [1.165, 1.54) is 11.6 Å². The van der Waals surface area contributed by atoms with Gasteiger partial charge in [0.2, 0.25) is 5.95 Å². The fourth-order valence-electron chi connectivity index (χ4n) is 3.90. The zero-order valence-electron chi connectivity index (χ0n) is 16.8. The van der Waals surface area contributed by atoms with Gasteiger partial charge in [0, 0.05) is 14.1 Å². The largest absolute Gasteiger partial charge is 0.497 e. The molecule has 1 aliphatic rings. The Morgan fingerprint density at radius 2 is 1.90 bits per heavy atom. The molecule has 1 saturated carbocycles. The van der Waals surface area contributed by atoms with Crippen LogP contribution in [0.2, 0.25) is 0 Å². The molecule has 2 heterocycles. The van der Waals surface area contributed by atoms with Gasteiger partial charge in [-0.05, 0) is 37.0 Å². The van der Waals surface area contributed by atoms with Crippen molar-refractivity contribution in [2.45, 2.75) is 38.0 Å². The Kier molecular flexibility index (Phi) is 4.91. The predicted octanol–water partition coefficient (Wildman–Crippen LogP) is 0.816. The lowest BCUT2D eigenvalue weighted by Gasteiger charge is -2.18. The monoisotopic (exact) mass is 399 g/mol. The Morgan fingerprint density at radius 3 is 2.52 bits per heavy atom. The molecule has 0 radical (unpaired) electrons. The van der Waals surface area contributed by atoms with Crippen LogP contribution in [0.15, 0.2) is 33.9 Å². The van der Waals surface area contributed by atoms with Crippen molar-refractivity contribution in [1.82, 2.24) is 18.7 Å². The summed E-state index contributed by atoms with van der Waals surface area (Å²) in [5, 5.41) is 13.5. The van der Waals surface area contributed by atoms with Crippen LogP contribution in [-0.2, 0) is 20.6 Å². The number of aliphatic hydroxyl groups excluding tert-OH is 1. The first kappa shape index (κ1) is 19.3. The van der Waals surface area contributed by atoms with E-state index in [1.54, 1.807) is 18.7 Å². The maximum Gasteiger partial charge on any atom is 0.332 e. The summed E-state index contributed by atoms with van der Waals surface area (Å²) in [4.78, 5) is 29.8. The van der Waals surface area contributed by atoms with Crippen LogP contribution in [0, 0.1) is 0 Å². The van der Waals surface area contributed by atoms with Gasteiger partial charge in [0.25, 0.3) is 5.56 Å². The summed E-state index contributed by atoms with van der Waals surface area (Å²) in [6, 6.07) is 7.42. The first-order valence-electron chi connectivity index (χ1n) is 9.64. The van der Waals surface area contributed by atoms with Crippen molar-refractivity contribution in [3.8, 4) is 5.75 Å². The minimum absolute atomic E-state index is 0.137. The molecule has 1 aromatic carbocycles. The Morgan fingerprint density at radius 1 is 1.17 bits per heavy atom. The van der Waals surface area contributed by atoms with Crippen LogP contribution in [0.5, 0.6) is 5.75 Å². The zero-order valence-corrected chi connectivity index (χ0v) is 16.8. The van der Waals surface area contributed by atoms with Crippen LogP contribution in [0.1, 0.15) is 24.8 Å². The molecule has 1 fully saturated rings. The second kappa shape index (κ2) is 7.40. The van der Waals surface area contributed by atoms with Crippen molar-refractivity contribution in [2.24, 2.45) is 14.1 Å². The highest BCUT2D eigenvalue weighted by Crippen LogP contribution is 2.25. The summed E-state index contributed by atoms with van der Waals surface area (Å²) in [5.74, 6) is 1.22. The molecule has 9 nitrogen and oxygen atoms in total. The number of hydrogen-bond donors (Lipinski definition) is 2. The van der Waals surface area contributed by atoms with E-state index in [-0.39, 0.29) is 6.04 Å². The molecule has 29 heavy (non-hydrogen) atoms. The van der Waals surface area contributed by atoms with E-state index >= 15 is 0 Å². The number of nitrogens with zero attached hydrogens (tertiary/aromatic N) is 4. The van der Waals surface area contributed by atoms with Crippen molar-refractivity contribution in [2.75, 3.05) is 12.4 Å². The van der Waals surface area contributed by atoms with Gasteiger partial charge in [-0.2, -0.15) is 4.98 Å². The summed E-state index contributed by atoms with van der Waals surface area (Å²) in [7, 11) is 4.67. The number of fused-ring (bicyclic) bond motifs is 1. The molecule has 2 aromatic heterocycles. The molecular formula is C20H25N5O4. The highest BCUT2D eigenvalue weighted by Gasteiger charge is 2.28. The van der Waals surface area contributed by atoms with E-state index in [9.17, 15) is 14.7 Å². The number of hydrogen-bond acceptors (Lipinski definition) is 6. The Hall–Kier alpha value is -3.07. The first-order valence-corrected chi connectivity index (χ1v) is 9.64. The third-order valence-corrected chi connectivity index (χ3v) is 5.64. The number of aryl methyl sites for hydroxylation is 1. The van der Waals surface area contributed by atoms with Crippen molar-refractivity contribution in [3.63, 3.8) is 0 Å². The molecule has 3 aromatic rings. The number of ether oxygens (including phenoxy) is 1. The van der Waals surface area contributed by atoms with Gasteiger partial charge in [0.05, 0.1) is 25.8 Å². The van der Waals surface area contributed by atoms with E-state index < -0.39 is 17.4 Å². The highest BCUT2D eigenvalue weighted by molar-refractivity contribution is 5.74. The van der Waals surface area contributed by atoms with Crippen LogP contribution >= 0.6 is 0 Å². The molecule has 2 N–H and O–H groups in total. The lowest BCUT2D eigenvalue weighted by molar-refractivity contribution is 0.171. The normalized spacial score (nSPS) is 19.0.